The Morgan fingerprint density at radius 3 is 2.83 bits per heavy atom. The minimum Gasteiger partial charge on any atom is -0.497 e. The van der Waals surface area contributed by atoms with Crippen molar-refractivity contribution in [3.63, 3.8) is 0 Å². The maximum atomic E-state index is 5.99. The molecule has 1 aromatic carbocycles. The Kier molecular flexibility index (Phi) is 7.08. The summed E-state index contributed by atoms with van der Waals surface area (Å²) in [6.45, 7) is 1.39. The molecule has 0 saturated heterocycles. The molecule has 1 heterocycles. The zero-order chi connectivity index (χ0) is 17.4. The van der Waals surface area contributed by atoms with Crippen LogP contribution in [0.5, 0.6) is 5.75 Å². The quantitative estimate of drug-likeness (QED) is 0.569. The fraction of sp³-hybridized carbons (Fsp3) is 0.389. The third-order valence-electron chi connectivity index (χ3n) is 3.79. The van der Waals surface area contributed by atoms with E-state index in [-0.39, 0.29) is 6.04 Å². The highest BCUT2D eigenvalue weighted by molar-refractivity contribution is 7.09. The topological polar surface area (TPSA) is 62.9 Å². The number of nitrogens with zero attached hydrogens (tertiary/aromatic N) is 2. The van der Waals surface area contributed by atoms with Gasteiger partial charge in [-0.1, -0.05) is 18.2 Å². The minimum atomic E-state index is 0.151. The molecule has 0 radical (unpaired) electrons. The van der Waals surface area contributed by atoms with Gasteiger partial charge in [-0.15, -0.1) is 11.3 Å². The van der Waals surface area contributed by atoms with Gasteiger partial charge in [-0.05, 0) is 49.7 Å². The first-order chi connectivity index (χ1) is 11.6. The van der Waals surface area contributed by atoms with E-state index in [0.29, 0.717) is 12.5 Å². The number of benzene rings is 1. The molecule has 3 N–H and O–H groups in total. The smallest absolute Gasteiger partial charge is 0.188 e. The number of rotatable bonds is 8. The summed E-state index contributed by atoms with van der Waals surface area (Å²) in [6.07, 6.45) is 0.959. The molecule has 1 atom stereocenters. The normalized spacial score (nSPS) is 13.1. The number of hydrogen-bond acceptors (Lipinski definition) is 4. The number of guanidine groups is 1. The summed E-state index contributed by atoms with van der Waals surface area (Å²) >= 11 is 1.76. The van der Waals surface area contributed by atoms with E-state index in [2.05, 4.69) is 38.8 Å². The Bertz CT molecular complexity index is 640. The molecule has 2 rings (SSSR count). The van der Waals surface area contributed by atoms with Crippen molar-refractivity contribution in [3.8, 4) is 5.75 Å². The molecule has 0 amide bonds. The average Bonchev–Trinajstić information content (AvgIpc) is 3.08. The van der Waals surface area contributed by atoms with Gasteiger partial charge in [0.2, 0.25) is 0 Å². The molecule has 2 aromatic rings. The van der Waals surface area contributed by atoms with Gasteiger partial charge < -0.3 is 20.7 Å². The van der Waals surface area contributed by atoms with Crippen molar-refractivity contribution in [3.05, 3.63) is 52.2 Å². The monoisotopic (exact) mass is 346 g/mol. The summed E-state index contributed by atoms with van der Waals surface area (Å²) < 4.78 is 5.31. The predicted octanol–water partition coefficient (Wildman–Crippen LogP) is 2.51. The molecule has 6 heteroatoms. The first kappa shape index (κ1) is 18.3. The molecule has 1 aromatic heterocycles. The standard InChI is InChI=1S/C18H26N4OS/c1-22(2)17(14-6-4-7-15(12-14)23-3)13-21-18(19)20-10-9-16-8-5-11-24-16/h4-8,11-12,17H,9-10,13H2,1-3H3,(H3,19,20,21). The highest BCUT2D eigenvalue weighted by atomic mass is 32.1. The van der Waals surface area contributed by atoms with E-state index in [1.165, 1.54) is 4.88 Å². The SMILES string of the molecule is COc1cccc(C(CN=C(N)NCCc2cccs2)N(C)C)c1. The van der Waals surface area contributed by atoms with Crippen molar-refractivity contribution in [2.45, 2.75) is 12.5 Å². The first-order valence-electron chi connectivity index (χ1n) is 7.96. The van der Waals surface area contributed by atoms with E-state index in [9.17, 15) is 0 Å². The molecule has 130 valence electrons. The molecule has 0 bridgehead atoms. The zero-order valence-corrected chi connectivity index (χ0v) is 15.3. The number of nitrogens with two attached hydrogens (primary N) is 1. The van der Waals surface area contributed by atoms with Crippen molar-refractivity contribution in [2.75, 3.05) is 34.3 Å². The summed E-state index contributed by atoms with van der Waals surface area (Å²) in [5.74, 6) is 1.34. The van der Waals surface area contributed by atoms with Crippen LogP contribution < -0.4 is 15.8 Å². The van der Waals surface area contributed by atoms with Crippen LogP contribution in [0.25, 0.3) is 0 Å². The lowest BCUT2D eigenvalue weighted by Crippen LogP contribution is -2.34. The number of methoxy groups -OCH3 is 1. The van der Waals surface area contributed by atoms with Crippen molar-refractivity contribution in [1.82, 2.24) is 10.2 Å². The van der Waals surface area contributed by atoms with Crippen LogP contribution in [0.2, 0.25) is 0 Å². The van der Waals surface area contributed by atoms with Crippen LogP contribution in [-0.4, -0.2) is 45.2 Å². The van der Waals surface area contributed by atoms with E-state index in [4.69, 9.17) is 10.5 Å². The summed E-state index contributed by atoms with van der Waals surface area (Å²) in [4.78, 5) is 7.98. The average molecular weight is 346 g/mol. The molecule has 24 heavy (non-hydrogen) atoms. The second kappa shape index (κ2) is 9.30. The predicted molar refractivity (Wildman–Crippen MR) is 102 cm³/mol. The maximum absolute atomic E-state index is 5.99. The van der Waals surface area contributed by atoms with Crippen LogP contribution >= 0.6 is 11.3 Å². The summed E-state index contributed by atoms with van der Waals surface area (Å²) in [6, 6.07) is 12.4. The Morgan fingerprint density at radius 2 is 2.17 bits per heavy atom. The molecule has 0 fully saturated rings. The fourth-order valence-corrected chi connectivity index (χ4v) is 3.13. The molecule has 5 nitrogen and oxygen atoms in total. The van der Waals surface area contributed by atoms with Gasteiger partial charge in [0.15, 0.2) is 5.96 Å². The third kappa shape index (κ3) is 5.54. The van der Waals surface area contributed by atoms with E-state index in [1.807, 2.05) is 32.3 Å². The molecule has 0 aliphatic rings. The van der Waals surface area contributed by atoms with Crippen LogP contribution in [-0.2, 0) is 6.42 Å². The minimum absolute atomic E-state index is 0.151. The largest absolute Gasteiger partial charge is 0.497 e. The number of hydrogen-bond donors (Lipinski definition) is 2. The van der Waals surface area contributed by atoms with Gasteiger partial charge in [0, 0.05) is 11.4 Å². The third-order valence-corrected chi connectivity index (χ3v) is 4.73. The maximum Gasteiger partial charge on any atom is 0.188 e. The van der Waals surface area contributed by atoms with Crippen LogP contribution in [0.1, 0.15) is 16.5 Å². The zero-order valence-electron chi connectivity index (χ0n) is 14.5. The second-order valence-corrected chi connectivity index (χ2v) is 6.77. The van der Waals surface area contributed by atoms with Crippen LogP contribution in [0.15, 0.2) is 46.8 Å². The van der Waals surface area contributed by atoms with Gasteiger partial charge in [0.05, 0.1) is 19.7 Å². The number of nitrogens with one attached hydrogen (secondary N) is 1. The van der Waals surface area contributed by atoms with E-state index in [1.54, 1.807) is 18.4 Å². The first-order valence-corrected chi connectivity index (χ1v) is 8.84. The van der Waals surface area contributed by atoms with Gasteiger partial charge in [0.1, 0.15) is 5.75 Å². The lowest BCUT2D eigenvalue weighted by Gasteiger charge is -2.23. The molecule has 0 aliphatic heterocycles. The molecule has 0 aliphatic carbocycles. The van der Waals surface area contributed by atoms with E-state index < -0.39 is 0 Å². The molecular formula is C18H26N4OS. The van der Waals surface area contributed by atoms with Crippen molar-refractivity contribution in [1.29, 1.82) is 0 Å². The Morgan fingerprint density at radius 1 is 1.33 bits per heavy atom. The van der Waals surface area contributed by atoms with Crippen molar-refractivity contribution < 1.29 is 4.74 Å². The summed E-state index contributed by atoms with van der Waals surface area (Å²) in [7, 11) is 5.76. The van der Waals surface area contributed by atoms with Crippen LogP contribution in [0.3, 0.4) is 0 Å². The summed E-state index contributed by atoms with van der Waals surface area (Å²) in [5.41, 5.74) is 7.16. The highest BCUT2D eigenvalue weighted by Crippen LogP contribution is 2.22. The van der Waals surface area contributed by atoms with Crippen LogP contribution in [0.4, 0.5) is 0 Å². The Balaban J connectivity index is 1.91. The van der Waals surface area contributed by atoms with Crippen molar-refractivity contribution in [2.24, 2.45) is 10.7 Å². The number of thiophene rings is 1. The molecule has 0 saturated carbocycles. The van der Waals surface area contributed by atoms with E-state index >= 15 is 0 Å². The number of aliphatic imine (C=N–C) groups is 1. The van der Waals surface area contributed by atoms with Gasteiger partial charge >= 0.3 is 0 Å². The molecular weight excluding hydrogens is 320 g/mol. The van der Waals surface area contributed by atoms with E-state index in [0.717, 1.165) is 24.3 Å². The molecule has 0 spiro atoms. The Labute approximate surface area is 148 Å². The van der Waals surface area contributed by atoms with Gasteiger partial charge in [-0.2, -0.15) is 0 Å². The second-order valence-electron chi connectivity index (χ2n) is 5.74. The number of likely N-dealkylation sites (N-methyl/N-ethyl adjacent to an activating group) is 1. The summed E-state index contributed by atoms with van der Waals surface area (Å²) in [5, 5.41) is 5.27. The fourth-order valence-electron chi connectivity index (χ4n) is 2.42. The van der Waals surface area contributed by atoms with Gasteiger partial charge in [-0.3, -0.25) is 4.99 Å². The van der Waals surface area contributed by atoms with Gasteiger partial charge in [-0.25, -0.2) is 0 Å². The van der Waals surface area contributed by atoms with Gasteiger partial charge in [0.25, 0.3) is 0 Å². The molecule has 1 unspecified atom stereocenters. The lowest BCUT2D eigenvalue weighted by atomic mass is 10.1. The lowest BCUT2D eigenvalue weighted by molar-refractivity contribution is 0.305. The number of ether oxygens (including phenoxy) is 1. The Hall–Kier alpha value is -2.05. The van der Waals surface area contributed by atoms with Crippen LogP contribution in [0, 0.1) is 0 Å². The highest BCUT2D eigenvalue weighted by Gasteiger charge is 2.14. The van der Waals surface area contributed by atoms with Crippen molar-refractivity contribution >= 4 is 17.3 Å².